The highest BCUT2D eigenvalue weighted by Gasteiger charge is 2.33. The number of carbonyl (C=O) groups excluding carboxylic acids is 1. The van der Waals surface area contributed by atoms with Gasteiger partial charge in [-0.05, 0) is 45.4 Å². The molecule has 1 atom stereocenters. The highest BCUT2D eigenvalue weighted by Crippen LogP contribution is 2.31. The monoisotopic (exact) mass is 339 g/mol. The van der Waals surface area contributed by atoms with E-state index in [1.54, 1.807) is 20.8 Å². The lowest BCUT2D eigenvalue weighted by Crippen LogP contribution is -2.40. The predicted octanol–water partition coefficient (Wildman–Crippen LogP) is 3.89. The molecule has 0 saturated heterocycles. The largest absolute Gasteiger partial charge is 0.463 e. The summed E-state index contributed by atoms with van der Waals surface area (Å²) >= 11 is 0. The van der Waals surface area contributed by atoms with Gasteiger partial charge in [-0.25, -0.2) is 0 Å². The minimum absolute atomic E-state index is 0. The van der Waals surface area contributed by atoms with Crippen molar-refractivity contribution in [3.05, 3.63) is 35.4 Å². The maximum Gasteiger partial charge on any atom is 0.416 e. The van der Waals surface area contributed by atoms with E-state index in [1.807, 2.05) is 0 Å². The van der Waals surface area contributed by atoms with E-state index < -0.39 is 28.7 Å². The first-order valence-electron chi connectivity index (χ1n) is 6.48. The summed E-state index contributed by atoms with van der Waals surface area (Å²) in [7, 11) is 0. The normalized spacial score (nSPS) is 14.7. The Hall–Kier alpha value is -1.27. The van der Waals surface area contributed by atoms with Crippen LogP contribution >= 0.6 is 12.4 Å². The summed E-state index contributed by atoms with van der Waals surface area (Å²) in [6.07, 6.45) is -4.44. The lowest BCUT2D eigenvalue weighted by atomic mass is 9.92. The van der Waals surface area contributed by atoms with E-state index in [0.717, 1.165) is 12.1 Å². The van der Waals surface area contributed by atoms with Crippen molar-refractivity contribution in [2.24, 2.45) is 11.1 Å². The number of alkyl halides is 3. The maximum atomic E-state index is 12.7. The summed E-state index contributed by atoms with van der Waals surface area (Å²) < 4.78 is 43.2. The number of halogens is 4. The van der Waals surface area contributed by atoms with Crippen LogP contribution in [0.25, 0.3) is 0 Å². The topological polar surface area (TPSA) is 52.3 Å². The number of hydrogen-bond donors (Lipinski definition) is 1. The first-order valence-corrected chi connectivity index (χ1v) is 6.48. The molecule has 0 aromatic heterocycles. The molecule has 0 fully saturated rings. The SMILES string of the molecule is CC(C)(C)C(=O)OCC(C)(N)c1cccc(C(F)(F)F)c1.Cl. The third-order valence-corrected chi connectivity index (χ3v) is 2.96. The van der Waals surface area contributed by atoms with Gasteiger partial charge in [0, 0.05) is 0 Å². The molecule has 1 rings (SSSR count). The van der Waals surface area contributed by atoms with Crippen molar-refractivity contribution in [1.29, 1.82) is 0 Å². The molecule has 0 amide bonds. The number of esters is 1. The van der Waals surface area contributed by atoms with Crippen molar-refractivity contribution in [3.63, 3.8) is 0 Å². The second-order valence-electron chi connectivity index (χ2n) is 6.32. The van der Waals surface area contributed by atoms with Crippen molar-refractivity contribution >= 4 is 18.4 Å². The number of carbonyl (C=O) groups is 1. The molecule has 0 aliphatic carbocycles. The Morgan fingerprint density at radius 1 is 1.14 bits per heavy atom. The van der Waals surface area contributed by atoms with Gasteiger partial charge in [-0.15, -0.1) is 12.4 Å². The minimum Gasteiger partial charge on any atom is -0.463 e. The zero-order valence-corrected chi connectivity index (χ0v) is 13.8. The second kappa shape index (κ2) is 6.87. The Morgan fingerprint density at radius 3 is 2.09 bits per heavy atom. The van der Waals surface area contributed by atoms with E-state index in [0.29, 0.717) is 0 Å². The zero-order valence-electron chi connectivity index (χ0n) is 13.0. The van der Waals surface area contributed by atoms with Gasteiger partial charge < -0.3 is 10.5 Å². The van der Waals surface area contributed by atoms with Crippen LogP contribution in [0.4, 0.5) is 13.2 Å². The van der Waals surface area contributed by atoms with Crippen LogP contribution in [0.3, 0.4) is 0 Å². The molecule has 22 heavy (non-hydrogen) atoms. The molecule has 126 valence electrons. The van der Waals surface area contributed by atoms with Gasteiger partial charge in [0.2, 0.25) is 0 Å². The van der Waals surface area contributed by atoms with Gasteiger partial charge in [-0.2, -0.15) is 13.2 Å². The highest BCUT2D eigenvalue weighted by atomic mass is 35.5. The first kappa shape index (κ1) is 20.7. The van der Waals surface area contributed by atoms with Crippen LogP contribution in [-0.4, -0.2) is 12.6 Å². The van der Waals surface area contributed by atoms with Crippen molar-refractivity contribution in [2.75, 3.05) is 6.61 Å². The number of nitrogens with two attached hydrogens (primary N) is 1. The Balaban J connectivity index is 0.00000441. The maximum absolute atomic E-state index is 12.7. The van der Waals surface area contributed by atoms with Gasteiger partial charge in [-0.1, -0.05) is 12.1 Å². The molecule has 0 bridgehead atoms. The Morgan fingerprint density at radius 2 is 1.64 bits per heavy atom. The smallest absolute Gasteiger partial charge is 0.416 e. The van der Waals surface area contributed by atoms with E-state index in [-0.39, 0.29) is 24.6 Å². The molecular formula is C15H21ClF3NO2. The molecule has 0 radical (unpaired) electrons. The molecule has 2 N–H and O–H groups in total. The molecule has 0 heterocycles. The summed E-state index contributed by atoms with van der Waals surface area (Å²) in [4.78, 5) is 11.7. The van der Waals surface area contributed by atoms with Crippen LogP contribution in [0.15, 0.2) is 24.3 Å². The summed E-state index contributed by atoms with van der Waals surface area (Å²) in [6, 6.07) is 4.72. The zero-order chi connectivity index (χ0) is 16.5. The summed E-state index contributed by atoms with van der Waals surface area (Å²) in [5.74, 6) is -0.453. The van der Waals surface area contributed by atoms with Crippen LogP contribution in [0.2, 0.25) is 0 Å². The van der Waals surface area contributed by atoms with E-state index in [9.17, 15) is 18.0 Å². The molecule has 1 aromatic rings. The molecule has 1 unspecified atom stereocenters. The van der Waals surface area contributed by atoms with Crippen LogP contribution in [-0.2, 0) is 21.2 Å². The molecule has 1 aromatic carbocycles. The summed E-state index contributed by atoms with van der Waals surface area (Å²) in [5.41, 5.74) is 3.60. The molecule has 3 nitrogen and oxygen atoms in total. The molecule has 7 heteroatoms. The quantitative estimate of drug-likeness (QED) is 0.850. The molecule has 0 saturated carbocycles. The van der Waals surface area contributed by atoms with Gasteiger partial charge in [0.15, 0.2) is 0 Å². The van der Waals surface area contributed by atoms with Gasteiger partial charge >= 0.3 is 12.1 Å². The van der Waals surface area contributed by atoms with Crippen LogP contribution in [0.5, 0.6) is 0 Å². The third-order valence-electron chi connectivity index (χ3n) is 2.96. The fourth-order valence-electron chi connectivity index (χ4n) is 1.57. The molecule has 0 aliphatic rings. The average Bonchev–Trinajstić information content (AvgIpc) is 2.34. The van der Waals surface area contributed by atoms with Gasteiger partial charge in [-0.3, -0.25) is 4.79 Å². The molecule has 0 spiro atoms. The number of ether oxygens (including phenoxy) is 1. The van der Waals surface area contributed by atoms with E-state index in [2.05, 4.69) is 0 Å². The number of hydrogen-bond acceptors (Lipinski definition) is 3. The van der Waals surface area contributed by atoms with Crippen LogP contribution in [0, 0.1) is 5.41 Å². The Kier molecular flexibility index (Phi) is 6.48. The lowest BCUT2D eigenvalue weighted by molar-refractivity contribution is -0.154. The fourth-order valence-corrected chi connectivity index (χ4v) is 1.57. The van der Waals surface area contributed by atoms with Gasteiger partial charge in [0.05, 0.1) is 16.5 Å². The minimum atomic E-state index is -4.44. The summed E-state index contributed by atoms with van der Waals surface area (Å²) in [6.45, 7) is 6.40. The Bertz CT molecular complexity index is 522. The van der Waals surface area contributed by atoms with Crippen molar-refractivity contribution in [1.82, 2.24) is 0 Å². The Labute approximate surface area is 134 Å². The fraction of sp³-hybridized carbons (Fsp3) is 0.533. The standard InChI is InChI=1S/C15H20F3NO2.ClH/c1-13(2,3)12(20)21-9-14(4,19)10-6-5-7-11(8-10)15(16,17)18;/h5-8H,9,19H2,1-4H3;1H. The highest BCUT2D eigenvalue weighted by molar-refractivity contribution is 5.85. The molecule has 0 aliphatic heterocycles. The van der Waals surface area contributed by atoms with Crippen molar-refractivity contribution in [3.8, 4) is 0 Å². The van der Waals surface area contributed by atoms with E-state index in [1.165, 1.54) is 19.1 Å². The van der Waals surface area contributed by atoms with Gasteiger partial charge in [0.25, 0.3) is 0 Å². The molecular weight excluding hydrogens is 319 g/mol. The average molecular weight is 340 g/mol. The van der Waals surface area contributed by atoms with Gasteiger partial charge in [0.1, 0.15) is 6.61 Å². The number of benzene rings is 1. The first-order chi connectivity index (χ1) is 9.34. The van der Waals surface area contributed by atoms with Crippen LogP contribution in [0.1, 0.15) is 38.8 Å². The van der Waals surface area contributed by atoms with E-state index in [4.69, 9.17) is 10.5 Å². The second-order valence-corrected chi connectivity index (χ2v) is 6.32. The third kappa shape index (κ3) is 5.50. The van der Waals surface area contributed by atoms with E-state index >= 15 is 0 Å². The summed E-state index contributed by atoms with van der Waals surface area (Å²) in [5, 5.41) is 0. The van der Waals surface area contributed by atoms with Crippen molar-refractivity contribution in [2.45, 2.75) is 39.4 Å². The predicted molar refractivity (Wildman–Crippen MR) is 80.6 cm³/mol. The number of rotatable bonds is 3. The van der Waals surface area contributed by atoms with Crippen LogP contribution < -0.4 is 5.73 Å². The lowest BCUT2D eigenvalue weighted by Gasteiger charge is -2.27. The van der Waals surface area contributed by atoms with Crippen molar-refractivity contribution < 1.29 is 22.7 Å².